The van der Waals surface area contributed by atoms with Crippen LogP contribution in [0, 0.1) is 5.41 Å². The van der Waals surface area contributed by atoms with Gasteiger partial charge in [0.2, 0.25) is 0 Å². The SMILES string of the molecule is CC(C)(C)CCC[C@H](O)CCCCN1CCOCC1. The van der Waals surface area contributed by atoms with Crippen molar-refractivity contribution in [3.63, 3.8) is 0 Å². The summed E-state index contributed by atoms with van der Waals surface area (Å²) < 4.78 is 5.33. The summed E-state index contributed by atoms with van der Waals surface area (Å²) in [7, 11) is 0. The van der Waals surface area contributed by atoms with Crippen LogP contribution in [-0.2, 0) is 4.74 Å². The summed E-state index contributed by atoms with van der Waals surface area (Å²) in [5.74, 6) is 0. The van der Waals surface area contributed by atoms with E-state index in [-0.39, 0.29) is 6.10 Å². The molecule has 114 valence electrons. The summed E-state index contributed by atoms with van der Waals surface area (Å²) in [6.45, 7) is 11.9. The topological polar surface area (TPSA) is 32.7 Å². The number of rotatable bonds is 8. The minimum Gasteiger partial charge on any atom is -0.393 e. The molecular formula is C16H33NO2. The van der Waals surface area contributed by atoms with E-state index >= 15 is 0 Å². The zero-order valence-electron chi connectivity index (χ0n) is 13.2. The summed E-state index contributed by atoms with van der Waals surface area (Å²) in [4.78, 5) is 2.47. The Bertz CT molecular complexity index is 219. The van der Waals surface area contributed by atoms with E-state index in [9.17, 15) is 5.11 Å². The Kier molecular flexibility index (Phi) is 7.96. The van der Waals surface area contributed by atoms with Crippen LogP contribution in [0.15, 0.2) is 0 Å². The van der Waals surface area contributed by atoms with Crippen molar-refractivity contribution in [2.75, 3.05) is 32.8 Å². The molecule has 0 unspecified atom stereocenters. The maximum Gasteiger partial charge on any atom is 0.0594 e. The Labute approximate surface area is 119 Å². The van der Waals surface area contributed by atoms with Gasteiger partial charge in [0, 0.05) is 13.1 Å². The van der Waals surface area contributed by atoms with Gasteiger partial charge in [-0.3, -0.25) is 4.90 Å². The van der Waals surface area contributed by atoms with Crippen LogP contribution in [0.25, 0.3) is 0 Å². The second kappa shape index (κ2) is 8.93. The number of nitrogens with zero attached hydrogens (tertiary/aromatic N) is 1. The normalized spacial score (nSPS) is 19.6. The van der Waals surface area contributed by atoms with Crippen molar-refractivity contribution in [3.05, 3.63) is 0 Å². The zero-order chi connectivity index (χ0) is 14.1. The molecule has 0 radical (unpaired) electrons. The van der Waals surface area contributed by atoms with E-state index in [2.05, 4.69) is 25.7 Å². The molecule has 1 N–H and O–H groups in total. The van der Waals surface area contributed by atoms with E-state index in [0.29, 0.717) is 5.41 Å². The first kappa shape index (κ1) is 16.9. The van der Waals surface area contributed by atoms with Crippen LogP contribution in [0.3, 0.4) is 0 Å². The number of hydrogen-bond acceptors (Lipinski definition) is 3. The number of morpholine rings is 1. The Balaban J connectivity index is 1.93. The molecule has 3 heteroatoms. The zero-order valence-corrected chi connectivity index (χ0v) is 13.2. The van der Waals surface area contributed by atoms with E-state index in [0.717, 1.165) is 58.5 Å². The Morgan fingerprint density at radius 2 is 1.68 bits per heavy atom. The van der Waals surface area contributed by atoms with Gasteiger partial charge in [-0.25, -0.2) is 0 Å². The number of hydrogen-bond donors (Lipinski definition) is 1. The van der Waals surface area contributed by atoms with Crippen LogP contribution in [0.2, 0.25) is 0 Å². The molecule has 1 saturated heterocycles. The summed E-state index contributed by atoms with van der Waals surface area (Å²) in [6, 6.07) is 0. The number of unbranched alkanes of at least 4 members (excludes halogenated alkanes) is 1. The maximum absolute atomic E-state index is 9.95. The van der Waals surface area contributed by atoms with Gasteiger partial charge < -0.3 is 9.84 Å². The van der Waals surface area contributed by atoms with Crippen molar-refractivity contribution < 1.29 is 9.84 Å². The van der Waals surface area contributed by atoms with Crippen molar-refractivity contribution in [2.24, 2.45) is 5.41 Å². The lowest BCUT2D eigenvalue weighted by Gasteiger charge is -2.26. The van der Waals surface area contributed by atoms with Gasteiger partial charge in [-0.1, -0.05) is 27.2 Å². The third-order valence-corrected chi connectivity index (χ3v) is 3.83. The first-order valence-electron chi connectivity index (χ1n) is 7.95. The van der Waals surface area contributed by atoms with Crippen molar-refractivity contribution in [3.8, 4) is 0 Å². The molecule has 1 atom stereocenters. The highest BCUT2D eigenvalue weighted by Gasteiger charge is 2.12. The fraction of sp³-hybridized carbons (Fsp3) is 1.00. The van der Waals surface area contributed by atoms with Gasteiger partial charge in [-0.15, -0.1) is 0 Å². The Morgan fingerprint density at radius 1 is 1.05 bits per heavy atom. The van der Waals surface area contributed by atoms with Crippen molar-refractivity contribution >= 4 is 0 Å². The third-order valence-electron chi connectivity index (χ3n) is 3.83. The van der Waals surface area contributed by atoms with E-state index < -0.39 is 0 Å². The third kappa shape index (κ3) is 9.42. The van der Waals surface area contributed by atoms with Crippen LogP contribution >= 0.6 is 0 Å². The highest BCUT2D eigenvalue weighted by atomic mass is 16.5. The second-order valence-corrected chi connectivity index (χ2v) is 7.06. The molecular weight excluding hydrogens is 238 g/mol. The summed E-state index contributed by atoms with van der Waals surface area (Å²) in [5, 5.41) is 9.95. The van der Waals surface area contributed by atoms with Crippen molar-refractivity contribution in [2.45, 2.75) is 65.4 Å². The summed E-state index contributed by atoms with van der Waals surface area (Å²) in [5.41, 5.74) is 0.399. The van der Waals surface area contributed by atoms with Gasteiger partial charge in [0.1, 0.15) is 0 Å². The lowest BCUT2D eigenvalue weighted by Crippen LogP contribution is -2.36. The minimum atomic E-state index is -0.0907. The number of aliphatic hydroxyl groups excluding tert-OH is 1. The highest BCUT2D eigenvalue weighted by Crippen LogP contribution is 2.22. The second-order valence-electron chi connectivity index (χ2n) is 7.06. The monoisotopic (exact) mass is 271 g/mol. The van der Waals surface area contributed by atoms with Crippen LogP contribution in [0.4, 0.5) is 0 Å². The molecule has 0 aromatic rings. The standard InChI is InChI=1S/C16H33NO2/c1-16(2,3)9-6-8-15(18)7-4-5-10-17-11-13-19-14-12-17/h15,18H,4-14H2,1-3H3/t15-/m1/s1. The maximum atomic E-state index is 9.95. The van der Waals surface area contributed by atoms with E-state index in [1.807, 2.05) is 0 Å². The molecule has 1 fully saturated rings. The lowest BCUT2D eigenvalue weighted by atomic mass is 9.89. The van der Waals surface area contributed by atoms with Gasteiger partial charge in [0.15, 0.2) is 0 Å². The van der Waals surface area contributed by atoms with Gasteiger partial charge in [-0.05, 0) is 44.1 Å². The predicted molar refractivity (Wildman–Crippen MR) is 80.4 cm³/mol. The fourth-order valence-electron chi connectivity index (χ4n) is 2.55. The largest absolute Gasteiger partial charge is 0.393 e. The molecule has 1 aliphatic heterocycles. The highest BCUT2D eigenvalue weighted by molar-refractivity contribution is 4.65. The molecule has 1 aliphatic rings. The number of aliphatic hydroxyl groups is 1. The average molecular weight is 271 g/mol. The van der Waals surface area contributed by atoms with Crippen molar-refractivity contribution in [1.29, 1.82) is 0 Å². The van der Waals surface area contributed by atoms with E-state index in [1.165, 1.54) is 12.8 Å². The Hall–Kier alpha value is -0.120. The number of ether oxygens (including phenoxy) is 1. The summed E-state index contributed by atoms with van der Waals surface area (Å²) >= 11 is 0. The van der Waals surface area contributed by atoms with Gasteiger partial charge in [0.25, 0.3) is 0 Å². The molecule has 3 nitrogen and oxygen atoms in total. The van der Waals surface area contributed by atoms with Gasteiger partial charge in [0.05, 0.1) is 19.3 Å². The first-order chi connectivity index (χ1) is 8.97. The van der Waals surface area contributed by atoms with Crippen LogP contribution < -0.4 is 0 Å². The average Bonchev–Trinajstić information content (AvgIpc) is 2.34. The molecule has 0 spiro atoms. The molecule has 1 heterocycles. The van der Waals surface area contributed by atoms with Crippen molar-refractivity contribution in [1.82, 2.24) is 4.90 Å². The smallest absolute Gasteiger partial charge is 0.0594 e. The Morgan fingerprint density at radius 3 is 2.32 bits per heavy atom. The minimum absolute atomic E-state index is 0.0907. The quantitative estimate of drug-likeness (QED) is 0.689. The van der Waals surface area contributed by atoms with Crippen LogP contribution in [0.1, 0.15) is 59.3 Å². The molecule has 0 aromatic heterocycles. The molecule has 0 aromatic carbocycles. The molecule has 19 heavy (non-hydrogen) atoms. The predicted octanol–water partition coefficient (Wildman–Crippen LogP) is 3.07. The lowest BCUT2D eigenvalue weighted by molar-refractivity contribution is 0.0365. The fourth-order valence-corrected chi connectivity index (χ4v) is 2.55. The summed E-state index contributed by atoms with van der Waals surface area (Å²) in [6.07, 6.45) is 6.55. The van der Waals surface area contributed by atoms with Crippen LogP contribution in [-0.4, -0.2) is 49.0 Å². The van der Waals surface area contributed by atoms with Crippen LogP contribution in [0.5, 0.6) is 0 Å². The molecule has 1 rings (SSSR count). The van der Waals surface area contributed by atoms with E-state index in [4.69, 9.17) is 4.74 Å². The van der Waals surface area contributed by atoms with Gasteiger partial charge >= 0.3 is 0 Å². The first-order valence-corrected chi connectivity index (χ1v) is 7.95. The van der Waals surface area contributed by atoms with E-state index in [1.54, 1.807) is 0 Å². The molecule has 0 bridgehead atoms. The molecule has 0 aliphatic carbocycles. The van der Waals surface area contributed by atoms with Gasteiger partial charge in [-0.2, -0.15) is 0 Å². The molecule has 0 saturated carbocycles. The molecule has 0 amide bonds.